The molecule has 0 bridgehead atoms. The van der Waals surface area contributed by atoms with Crippen molar-refractivity contribution in [1.82, 2.24) is 20.1 Å². The van der Waals surface area contributed by atoms with Crippen molar-refractivity contribution in [2.45, 2.75) is 19.5 Å². The Morgan fingerprint density at radius 3 is 2.55 bits per heavy atom. The molecule has 1 aliphatic rings. The lowest BCUT2D eigenvalue weighted by Crippen LogP contribution is -2.45. The Morgan fingerprint density at radius 1 is 1.12 bits per heavy atom. The summed E-state index contributed by atoms with van der Waals surface area (Å²) in [4.78, 5) is 18.5. The third-order valence-corrected chi connectivity index (χ3v) is 4.80. The maximum absolute atomic E-state index is 13.5. The Kier molecular flexibility index (Phi) is 6.17. The number of nitrogens with one attached hydrogen (secondary N) is 1. The van der Waals surface area contributed by atoms with Crippen molar-refractivity contribution in [3.8, 4) is 17.7 Å². The molecule has 0 saturated heterocycles. The summed E-state index contributed by atoms with van der Waals surface area (Å²) in [5.74, 6) is 4.24. The molecule has 3 heterocycles. The van der Waals surface area contributed by atoms with Gasteiger partial charge in [0.2, 0.25) is 5.88 Å². The van der Waals surface area contributed by atoms with Crippen LogP contribution in [0.15, 0.2) is 42.9 Å². The maximum atomic E-state index is 13.5. The lowest BCUT2D eigenvalue weighted by molar-refractivity contribution is 0.0566. The van der Waals surface area contributed by atoms with E-state index in [1.165, 1.54) is 17.3 Å². The molecule has 33 heavy (non-hydrogen) atoms. The fraction of sp³-hybridized carbons (Fsp3) is 0.227. The molecule has 0 unspecified atom stereocenters. The Balaban J connectivity index is 1.54. The number of carbonyl (C=O) groups excluding carboxylic acids is 1. The van der Waals surface area contributed by atoms with Crippen molar-refractivity contribution >= 4 is 11.7 Å². The van der Waals surface area contributed by atoms with E-state index >= 15 is 0 Å². The van der Waals surface area contributed by atoms with Gasteiger partial charge in [0.25, 0.3) is 0 Å². The lowest BCUT2D eigenvalue weighted by atomic mass is 10.1. The van der Waals surface area contributed by atoms with Crippen LogP contribution in [0.4, 0.5) is 28.0 Å². The summed E-state index contributed by atoms with van der Waals surface area (Å²) >= 11 is 0. The molecule has 0 fully saturated rings. The van der Waals surface area contributed by atoms with Crippen LogP contribution in [0, 0.1) is 23.5 Å². The van der Waals surface area contributed by atoms with Crippen molar-refractivity contribution in [2.24, 2.45) is 0 Å². The van der Waals surface area contributed by atoms with Gasteiger partial charge in [0, 0.05) is 24.0 Å². The molecule has 4 rings (SSSR count). The lowest BCUT2D eigenvalue weighted by Gasteiger charge is -2.30. The van der Waals surface area contributed by atoms with Crippen LogP contribution in [0.2, 0.25) is 0 Å². The first-order valence-electron chi connectivity index (χ1n) is 9.81. The van der Waals surface area contributed by atoms with Gasteiger partial charge in [-0.15, -0.1) is 0 Å². The number of hydrogen-bond donors (Lipinski definition) is 1. The number of benzene rings is 1. The average molecular weight is 459 g/mol. The van der Waals surface area contributed by atoms with Crippen LogP contribution in [0.5, 0.6) is 5.88 Å². The highest BCUT2D eigenvalue weighted by atomic mass is 19.3. The van der Waals surface area contributed by atoms with Gasteiger partial charge in [0.05, 0.1) is 24.3 Å². The number of alkyl halides is 2. The topological polar surface area (TPSA) is 72.3 Å². The monoisotopic (exact) mass is 459 g/mol. The summed E-state index contributed by atoms with van der Waals surface area (Å²) in [6, 6.07) is 3.44. The second-order valence-electron chi connectivity index (χ2n) is 7.16. The molecule has 2 amide bonds. The number of fused-ring (bicyclic) bond motifs is 1. The SMILES string of the molecule is C[C@H](NC(=O)N1CCOc2ncc(C#Cc3cnn(C(F)F)c3)cc21)c1cc(F)cc(F)c1. The zero-order valence-corrected chi connectivity index (χ0v) is 17.2. The van der Waals surface area contributed by atoms with Crippen LogP contribution in [0.25, 0.3) is 0 Å². The number of ether oxygens (including phenoxy) is 1. The molecule has 0 saturated carbocycles. The van der Waals surface area contributed by atoms with Gasteiger partial charge in [-0.1, -0.05) is 11.8 Å². The van der Waals surface area contributed by atoms with Crippen molar-refractivity contribution in [3.63, 3.8) is 0 Å². The fourth-order valence-corrected chi connectivity index (χ4v) is 3.20. The second-order valence-corrected chi connectivity index (χ2v) is 7.16. The number of pyridine rings is 1. The standard InChI is InChI=1S/C22H17F4N5O2/c1-13(16-7-17(23)9-18(24)8-16)29-22(32)30-4-5-33-20-19(30)6-14(10-27-20)2-3-15-11-28-31(12-15)21(25)26/h6-13,21H,4-5H2,1H3,(H,29,32)/t13-/m0/s1. The van der Waals surface area contributed by atoms with Gasteiger partial charge in [0.1, 0.15) is 23.9 Å². The summed E-state index contributed by atoms with van der Waals surface area (Å²) in [6.07, 6.45) is 3.76. The van der Waals surface area contributed by atoms with Gasteiger partial charge in [-0.3, -0.25) is 4.90 Å². The molecule has 11 heteroatoms. The number of rotatable bonds is 3. The quantitative estimate of drug-likeness (QED) is 0.475. The molecular weight excluding hydrogens is 442 g/mol. The van der Waals surface area contributed by atoms with E-state index in [2.05, 4.69) is 27.2 Å². The third-order valence-electron chi connectivity index (χ3n) is 4.80. The first kappa shape index (κ1) is 22.1. The van der Waals surface area contributed by atoms with E-state index in [-0.39, 0.29) is 30.2 Å². The number of aromatic nitrogens is 3. The highest BCUT2D eigenvalue weighted by molar-refractivity contribution is 5.94. The van der Waals surface area contributed by atoms with E-state index in [9.17, 15) is 22.4 Å². The van der Waals surface area contributed by atoms with Gasteiger partial charge >= 0.3 is 12.6 Å². The van der Waals surface area contributed by atoms with Crippen LogP contribution in [0.3, 0.4) is 0 Å². The van der Waals surface area contributed by atoms with Gasteiger partial charge in [0.15, 0.2) is 0 Å². The highest BCUT2D eigenvalue weighted by Gasteiger charge is 2.26. The summed E-state index contributed by atoms with van der Waals surface area (Å²) in [7, 11) is 0. The largest absolute Gasteiger partial charge is 0.474 e. The van der Waals surface area contributed by atoms with Crippen LogP contribution in [-0.2, 0) is 0 Å². The molecule has 0 aliphatic carbocycles. The van der Waals surface area contributed by atoms with E-state index in [4.69, 9.17) is 4.74 Å². The maximum Gasteiger partial charge on any atom is 0.333 e. The van der Waals surface area contributed by atoms with Crippen LogP contribution >= 0.6 is 0 Å². The molecule has 2 aromatic heterocycles. The molecule has 1 atom stereocenters. The molecule has 3 aromatic rings. The molecule has 7 nitrogen and oxygen atoms in total. The van der Waals surface area contributed by atoms with E-state index in [1.54, 1.807) is 13.0 Å². The summed E-state index contributed by atoms with van der Waals surface area (Å²) in [6.45, 7) is -0.744. The number of hydrogen-bond acceptors (Lipinski definition) is 4. The third kappa shape index (κ3) is 5.06. The Hall–Kier alpha value is -4.07. The van der Waals surface area contributed by atoms with E-state index < -0.39 is 30.3 Å². The number of urea groups is 1. The van der Waals surface area contributed by atoms with Crippen molar-refractivity contribution in [3.05, 3.63) is 71.2 Å². The van der Waals surface area contributed by atoms with Crippen LogP contribution < -0.4 is 15.0 Å². The van der Waals surface area contributed by atoms with E-state index in [0.717, 1.165) is 24.4 Å². The highest BCUT2D eigenvalue weighted by Crippen LogP contribution is 2.30. The van der Waals surface area contributed by atoms with Crippen LogP contribution in [-0.4, -0.2) is 33.9 Å². The number of anilines is 1. The first-order valence-corrected chi connectivity index (χ1v) is 9.81. The zero-order valence-electron chi connectivity index (χ0n) is 17.2. The fourth-order valence-electron chi connectivity index (χ4n) is 3.20. The van der Waals surface area contributed by atoms with Crippen molar-refractivity contribution in [1.29, 1.82) is 0 Å². The van der Waals surface area contributed by atoms with Crippen molar-refractivity contribution < 1.29 is 27.1 Å². The zero-order chi connectivity index (χ0) is 23.5. The molecular formula is C22H17F4N5O2. The molecule has 170 valence electrons. The summed E-state index contributed by atoms with van der Waals surface area (Å²) < 4.78 is 58.3. The second kappa shape index (κ2) is 9.20. The molecule has 0 spiro atoms. The summed E-state index contributed by atoms with van der Waals surface area (Å²) in [5.41, 5.74) is 1.33. The molecule has 1 aromatic carbocycles. The van der Waals surface area contributed by atoms with Crippen molar-refractivity contribution in [2.75, 3.05) is 18.1 Å². The van der Waals surface area contributed by atoms with Gasteiger partial charge in [-0.05, 0) is 30.7 Å². The minimum absolute atomic E-state index is 0.203. The minimum atomic E-state index is -2.76. The average Bonchev–Trinajstić information content (AvgIpc) is 3.26. The number of nitrogens with zero attached hydrogens (tertiary/aromatic N) is 4. The minimum Gasteiger partial charge on any atom is -0.474 e. The summed E-state index contributed by atoms with van der Waals surface area (Å²) in [5, 5.41) is 6.22. The Morgan fingerprint density at radius 2 is 1.85 bits per heavy atom. The molecule has 0 radical (unpaired) electrons. The van der Waals surface area contributed by atoms with E-state index in [1.807, 2.05) is 0 Å². The molecule has 1 aliphatic heterocycles. The van der Waals surface area contributed by atoms with Gasteiger partial charge in [-0.2, -0.15) is 13.9 Å². The van der Waals surface area contributed by atoms with Crippen LogP contribution in [0.1, 0.15) is 36.2 Å². The number of amides is 2. The van der Waals surface area contributed by atoms with Gasteiger partial charge in [-0.25, -0.2) is 23.2 Å². The van der Waals surface area contributed by atoms with Gasteiger partial charge < -0.3 is 10.1 Å². The number of carbonyl (C=O) groups is 1. The Labute approximate surface area is 186 Å². The van der Waals surface area contributed by atoms with E-state index in [0.29, 0.717) is 15.9 Å². The molecule has 1 N–H and O–H groups in total. The first-order chi connectivity index (χ1) is 15.8. The predicted molar refractivity (Wildman–Crippen MR) is 110 cm³/mol. The predicted octanol–water partition coefficient (Wildman–Crippen LogP) is 4.02. The normalized spacial score (nSPS) is 13.6. The smallest absolute Gasteiger partial charge is 0.333 e. The number of halogens is 4. The Bertz CT molecular complexity index is 1230.